The minimum absolute atomic E-state index is 0.0657. The van der Waals surface area contributed by atoms with Crippen molar-refractivity contribution in [2.75, 3.05) is 47.7 Å². The summed E-state index contributed by atoms with van der Waals surface area (Å²) < 4.78 is 21.1. The molecular formula is C15H25NO5. The van der Waals surface area contributed by atoms with Crippen molar-refractivity contribution in [1.82, 2.24) is 5.32 Å². The number of aliphatic hydroxyl groups is 1. The van der Waals surface area contributed by atoms with Crippen LogP contribution in [0.2, 0.25) is 0 Å². The first-order valence-corrected chi connectivity index (χ1v) is 6.95. The van der Waals surface area contributed by atoms with Crippen molar-refractivity contribution in [2.24, 2.45) is 0 Å². The number of hydrogen-bond acceptors (Lipinski definition) is 6. The monoisotopic (exact) mass is 299 g/mol. The van der Waals surface area contributed by atoms with Crippen LogP contribution in [-0.4, -0.2) is 52.8 Å². The van der Waals surface area contributed by atoms with E-state index in [1.54, 1.807) is 21.3 Å². The second-order valence-corrected chi connectivity index (χ2v) is 4.39. The molecule has 0 amide bonds. The molecule has 1 aromatic rings. The highest BCUT2D eigenvalue weighted by Gasteiger charge is 2.11. The molecular weight excluding hydrogens is 274 g/mol. The van der Waals surface area contributed by atoms with Crippen molar-refractivity contribution in [3.8, 4) is 17.2 Å². The summed E-state index contributed by atoms with van der Waals surface area (Å²) in [5, 5.41) is 11.9. The molecule has 0 aliphatic carbocycles. The molecule has 0 saturated carbocycles. The van der Waals surface area contributed by atoms with Gasteiger partial charge in [-0.1, -0.05) is 0 Å². The van der Waals surface area contributed by atoms with E-state index in [0.717, 1.165) is 24.3 Å². The third kappa shape index (κ3) is 5.79. The van der Waals surface area contributed by atoms with E-state index in [0.29, 0.717) is 31.3 Å². The molecule has 1 rings (SSSR count). The van der Waals surface area contributed by atoms with Gasteiger partial charge >= 0.3 is 0 Å². The molecule has 0 aromatic heterocycles. The Balaban J connectivity index is 2.49. The van der Waals surface area contributed by atoms with Crippen molar-refractivity contribution in [2.45, 2.75) is 13.0 Å². The van der Waals surface area contributed by atoms with Crippen LogP contribution in [0.5, 0.6) is 17.2 Å². The third-order valence-electron chi connectivity index (χ3n) is 2.98. The Morgan fingerprint density at radius 1 is 0.952 bits per heavy atom. The van der Waals surface area contributed by atoms with Gasteiger partial charge < -0.3 is 29.4 Å². The maximum Gasteiger partial charge on any atom is 0.164 e. The molecule has 0 aliphatic rings. The van der Waals surface area contributed by atoms with Crippen LogP contribution in [0, 0.1) is 0 Å². The van der Waals surface area contributed by atoms with E-state index in [1.165, 1.54) is 0 Å². The second-order valence-electron chi connectivity index (χ2n) is 4.39. The normalized spacial score (nSPS) is 10.5. The second kappa shape index (κ2) is 10.3. The van der Waals surface area contributed by atoms with Gasteiger partial charge in [-0.25, -0.2) is 0 Å². The number of rotatable bonds is 11. The Hall–Kier alpha value is -1.50. The molecule has 2 N–H and O–H groups in total. The number of benzene rings is 1. The van der Waals surface area contributed by atoms with Gasteiger partial charge in [-0.05, 0) is 19.0 Å². The highest BCUT2D eigenvalue weighted by Crippen LogP contribution is 2.34. The molecule has 21 heavy (non-hydrogen) atoms. The molecule has 120 valence electrons. The molecule has 0 fully saturated rings. The number of ether oxygens (including phenoxy) is 4. The van der Waals surface area contributed by atoms with E-state index in [9.17, 15) is 0 Å². The van der Waals surface area contributed by atoms with Crippen LogP contribution in [0.1, 0.15) is 12.0 Å². The average molecular weight is 299 g/mol. The van der Waals surface area contributed by atoms with Crippen molar-refractivity contribution in [1.29, 1.82) is 0 Å². The van der Waals surface area contributed by atoms with Crippen LogP contribution in [0.15, 0.2) is 12.1 Å². The van der Waals surface area contributed by atoms with Gasteiger partial charge in [0.2, 0.25) is 0 Å². The zero-order chi connectivity index (χ0) is 15.5. The number of aliphatic hydroxyl groups excluding tert-OH is 1. The van der Waals surface area contributed by atoms with Crippen LogP contribution in [0.4, 0.5) is 0 Å². The van der Waals surface area contributed by atoms with Crippen molar-refractivity contribution in [3.63, 3.8) is 0 Å². The fraction of sp³-hybridized carbons (Fsp3) is 0.600. The molecule has 0 saturated heterocycles. The van der Waals surface area contributed by atoms with Crippen molar-refractivity contribution < 1.29 is 24.1 Å². The van der Waals surface area contributed by atoms with E-state index < -0.39 is 0 Å². The molecule has 0 bridgehead atoms. The first-order chi connectivity index (χ1) is 10.3. The molecule has 0 unspecified atom stereocenters. The fourth-order valence-corrected chi connectivity index (χ4v) is 1.92. The van der Waals surface area contributed by atoms with Gasteiger partial charge in [-0.2, -0.15) is 0 Å². The maximum atomic E-state index is 8.59. The van der Waals surface area contributed by atoms with E-state index in [4.69, 9.17) is 24.1 Å². The van der Waals surface area contributed by atoms with E-state index in [2.05, 4.69) is 5.32 Å². The summed E-state index contributed by atoms with van der Waals surface area (Å²) in [5.74, 6) is 2.09. The topological polar surface area (TPSA) is 69.2 Å². The molecule has 1 aromatic carbocycles. The number of hydrogen-bond donors (Lipinski definition) is 2. The SMILES string of the molecule is COc1cc(OC)c(OC)cc1CNCCCOCCO. The number of nitrogens with one attached hydrogen (secondary N) is 1. The summed E-state index contributed by atoms with van der Waals surface area (Å²) in [6, 6.07) is 3.73. The van der Waals surface area contributed by atoms with Gasteiger partial charge in [0.25, 0.3) is 0 Å². The van der Waals surface area contributed by atoms with Crippen molar-refractivity contribution >= 4 is 0 Å². The highest BCUT2D eigenvalue weighted by atomic mass is 16.5. The summed E-state index contributed by atoms with van der Waals surface area (Å²) in [7, 11) is 4.84. The average Bonchev–Trinajstić information content (AvgIpc) is 2.53. The van der Waals surface area contributed by atoms with Crippen LogP contribution in [-0.2, 0) is 11.3 Å². The summed E-state index contributed by atoms with van der Waals surface area (Å²) in [4.78, 5) is 0. The van der Waals surface area contributed by atoms with Gasteiger partial charge in [0.15, 0.2) is 11.5 Å². The summed E-state index contributed by atoms with van der Waals surface area (Å²) in [6.07, 6.45) is 0.885. The Labute approximate surface area is 126 Å². The first kappa shape index (κ1) is 17.6. The lowest BCUT2D eigenvalue weighted by Gasteiger charge is -2.14. The molecule has 0 atom stereocenters. The Morgan fingerprint density at radius 3 is 2.24 bits per heavy atom. The predicted molar refractivity (Wildman–Crippen MR) is 80.3 cm³/mol. The van der Waals surface area contributed by atoms with Crippen LogP contribution < -0.4 is 19.5 Å². The largest absolute Gasteiger partial charge is 0.496 e. The fourth-order valence-electron chi connectivity index (χ4n) is 1.92. The maximum absolute atomic E-state index is 8.59. The predicted octanol–water partition coefficient (Wildman–Crippen LogP) is 1.20. The lowest BCUT2D eigenvalue weighted by Crippen LogP contribution is -2.17. The Kier molecular flexibility index (Phi) is 8.57. The summed E-state index contributed by atoms with van der Waals surface area (Å²) >= 11 is 0. The smallest absolute Gasteiger partial charge is 0.164 e. The number of methoxy groups -OCH3 is 3. The van der Waals surface area contributed by atoms with E-state index in [1.807, 2.05) is 12.1 Å². The zero-order valence-corrected chi connectivity index (χ0v) is 13.0. The molecule has 0 radical (unpaired) electrons. The summed E-state index contributed by atoms with van der Waals surface area (Å²) in [6.45, 7) is 2.59. The van der Waals surface area contributed by atoms with Gasteiger partial charge in [-0.3, -0.25) is 0 Å². The molecule has 6 heteroatoms. The van der Waals surface area contributed by atoms with Crippen LogP contribution >= 0.6 is 0 Å². The Bertz CT molecular complexity index is 411. The zero-order valence-electron chi connectivity index (χ0n) is 13.0. The molecule has 0 aliphatic heterocycles. The molecule has 6 nitrogen and oxygen atoms in total. The first-order valence-electron chi connectivity index (χ1n) is 6.95. The van der Waals surface area contributed by atoms with Crippen LogP contribution in [0.25, 0.3) is 0 Å². The van der Waals surface area contributed by atoms with Gasteiger partial charge in [-0.15, -0.1) is 0 Å². The Morgan fingerprint density at radius 2 is 1.62 bits per heavy atom. The lowest BCUT2D eigenvalue weighted by atomic mass is 10.1. The summed E-state index contributed by atoms with van der Waals surface area (Å²) in [5.41, 5.74) is 1.01. The molecule has 0 spiro atoms. The standard InChI is InChI=1S/C15H25NO5/c1-18-13-10-15(20-3)14(19-2)9-12(13)11-16-5-4-7-21-8-6-17/h9-10,16-17H,4-8,11H2,1-3H3. The van der Waals surface area contributed by atoms with Crippen LogP contribution in [0.3, 0.4) is 0 Å². The van der Waals surface area contributed by atoms with E-state index >= 15 is 0 Å². The quantitative estimate of drug-likeness (QED) is 0.598. The van der Waals surface area contributed by atoms with Gasteiger partial charge in [0.05, 0.1) is 34.5 Å². The minimum Gasteiger partial charge on any atom is -0.496 e. The third-order valence-corrected chi connectivity index (χ3v) is 2.98. The highest BCUT2D eigenvalue weighted by molar-refractivity contribution is 5.50. The van der Waals surface area contributed by atoms with Gasteiger partial charge in [0, 0.05) is 24.8 Å². The molecule has 0 heterocycles. The minimum atomic E-state index is 0.0657. The van der Waals surface area contributed by atoms with E-state index in [-0.39, 0.29) is 6.61 Å². The van der Waals surface area contributed by atoms with Crippen molar-refractivity contribution in [3.05, 3.63) is 17.7 Å². The lowest BCUT2D eigenvalue weighted by molar-refractivity contribution is 0.0907. The van der Waals surface area contributed by atoms with Gasteiger partial charge in [0.1, 0.15) is 5.75 Å².